The first kappa shape index (κ1) is 10.6. The summed E-state index contributed by atoms with van der Waals surface area (Å²) in [5.41, 5.74) is 2.03. The SMILES string of the molecule is Cc1ccc(F)cc1C1CNCC(C)O1. The van der Waals surface area contributed by atoms with Crippen molar-refractivity contribution < 1.29 is 9.13 Å². The Hall–Kier alpha value is -0.930. The van der Waals surface area contributed by atoms with Crippen molar-refractivity contribution in [1.29, 1.82) is 0 Å². The van der Waals surface area contributed by atoms with Gasteiger partial charge in [-0.3, -0.25) is 0 Å². The van der Waals surface area contributed by atoms with Crippen LogP contribution in [0.15, 0.2) is 18.2 Å². The van der Waals surface area contributed by atoms with Crippen molar-refractivity contribution in [2.24, 2.45) is 0 Å². The molecule has 1 aliphatic rings. The lowest BCUT2D eigenvalue weighted by Gasteiger charge is -2.29. The molecule has 3 heteroatoms. The van der Waals surface area contributed by atoms with E-state index in [0.717, 1.165) is 24.2 Å². The lowest BCUT2D eigenvalue weighted by atomic mass is 10.0. The smallest absolute Gasteiger partial charge is 0.123 e. The van der Waals surface area contributed by atoms with Crippen LogP contribution in [0.25, 0.3) is 0 Å². The summed E-state index contributed by atoms with van der Waals surface area (Å²) in [6.45, 7) is 5.63. The minimum absolute atomic E-state index is 0.0237. The van der Waals surface area contributed by atoms with Gasteiger partial charge in [-0.2, -0.15) is 0 Å². The Labute approximate surface area is 89.4 Å². The van der Waals surface area contributed by atoms with Crippen LogP contribution in [-0.4, -0.2) is 19.2 Å². The molecule has 0 aliphatic carbocycles. The van der Waals surface area contributed by atoms with Gasteiger partial charge in [-0.15, -0.1) is 0 Å². The number of hydrogen-bond acceptors (Lipinski definition) is 2. The lowest BCUT2D eigenvalue weighted by Crippen LogP contribution is -2.39. The maximum Gasteiger partial charge on any atom is 0.123 e. The van der Waals surface area contributed by atoms with Crippen molar-refractivity contribution in [3.05, 3.63) is 35.1 Å². The van der Waals surface area contributed by atoms with Crippen molar-refractivity contribution in [3.63, 3.8) is 0 Å². The number of hydrogen-bond donors (Lipinski definition) is 1. The van der Waals surface area contributed by atoms with E-state index >= 15 is 0 Å². The molecule has 0 amide bonds. The van der Waals surface area contributed by atoms with E-state index < -0.39 is 0 Å². The molecule has 1 aliphatic heterocycles. The fraction of sp³-hybridized carbons (Fsp3) is 0.500. The van der Waals surface area contributed by atoms with E-state index in [1.54, 1.807) is 12.1 Å². The molecule has 1 saturated heterocycles. The number of benzene rings is 1. The maximum absolute atomic E-state index is 13.1. The van der Waals surface area contributed by atoms with Crippen LogP contribution in [0.1, 0.15) is 24.2 Å². The van der Waals surface area contributed by atoms with Crippen molar-refractivity contribution >= 4 is 0 Å². The second kappa shape index (κ2) is 4.29. The lowest BCUT2D eigenvalue weighted by molar-refractivity contribution is -0.0291. The first-order valence-electron chi connectivity index (χ1n) is 5.29. The standard InChI is InChI=1S/C12H16FNO/c1-8-3-4-10(13)5-11(8)12-7-14-6-9(2)15-12/h3-5,9,12,14H,6-7H2,1-2H3. The molecule has 1 fully saturated rings. The van der Waals surface area contributed by atoms with E-state index in [1.807, 2.05) is 13.8 Å². The van der Waals surface area contributed by atoms with Gasteiger partial charge in [-0.1, -0.05) is 6.07 Å². The number of rotatable bonds is 1. The van der Waals surface area contributed by atoms with Crippen LogP contribution < -0.4 is 5.32 Å². The molecule has 2 unspecified atom stereocenters. The van der Waals surface area contributed by atoms with Crippen molar-refractivity contribution in [3.8, 4) is 0 Å². The van der Waals surface area contributed by atoms with Gasteiger partial charge in [0.2, 0.25) is 0 Å². The molecule has 0 radical (unpaired) electrons. The first-order chi connectivity index (χ1) is 7.16. The molecule has 2 rings (SSSR count). The predicted molar refractivity (Wildman–Crippen MR) is 57.3 cm³/mol. The second-order valence-electron chi connectivity index (χ2n) is 4.09. The molecule has 0 aromatic heterocycles. The average molecular weight is 209 g/mol. The van der Waals surface area contributed by atoms with E-state index in [2.05, 4.69) is 5.32 Å². The monoisotopic (exact) mass is 209 g/mol. The Kier molecular flexibility index (Phi) is 3.03. The first-order valence-corrected chi connectivity index (χ1v) is 5.29. The minimum atomic E-state index is -0.197. The third-order valence-corrected chi connectivity index (χ3v) is 2.75. The number of nitrogens with one attached hydrogen (secondary N) is 1. The summed E-state index contributed by atoms with van der Waals surface area (Å²) in [5.74, 6) is -0.197. The molecule has 1 N–H and O–H groups in total. The summed E-state index contributed by atoms with van der Waals surface area (Å²) in [6.07, 6.45) is 0.163. The molecular formula is C12H16FNO. The summed E-state index contributed by atoms with van der Waals surface area (Å²) in [6, 6.07) is 4.85. The van der Waals surface area contributed by atoms with Crippen LogP contribution in [0.3, 0.4) is 0 Å². The van der Waals surface area contributed by atoms with Crippen LogP contribution in [0.4, 0.5) is 4.39 Å². The highest BCUT2D eigenvalue weighted by molar-refractivity contribution is 5.29. The van der Waals surface area contributed by atoms with Crippen molar-refractivity contribution in [1.82, 2.24) is 5.32 Å². The van der Waals surface area contributed by atoms with Gasteiger partial charge in [0.15, 0.2) is 0 Å². The molecule has 0 spiro atoms. The van der Waals surface area contributed by atoms with Crippen LogP contribution in [0.5, 0.6) is 0 Å². The van der Waals surface area contributed by atoms with Crippen LogP contribution in [0.2, 0.25) is 0 Å². The zero-order valence-corrected chi connectivity index (χ0v) is 9.09. The van der Waals surface area contributed by atoms with Gasteiger partial charge in [0.05, 0.1) is 12.2 Å². The van der Waals surface area contributed by atoms with Gasteiger partial charge >= 0.3 is 0 Å². The third kappa shape index (κ3) is 2.36. The Morgan fingerprint density at radius 2 is 2.20 bits per heavy atom. The molecule has 0 bridgehead atoms. The van der Waals surface area contributed by atoms with Gasteiger partial charge in [-0.25, -0.2) is 4.39 Å². The van der Waals surface area contributed by atoms with Gasteiger partial charge in [0, 0.05) is 13.1 Å². The molecule has 0 saturated carbocycles. The number of aryl methyl sites for hydroxylation is 1. The van der Waals surface area contributed by atoms with Crippen LogP contribution in [0, 0.1) is 12.7 Å². The minimum Gasteiger partial charge on any atom is -0.368 e. The summed E-state index contributed by atoms with van der Waals surface area (Å²) in [5, 5.41) is 3.28. The summed E-state index contributed by atoms with van der Waals surface area (Å²) < 4.78 is 18.9. The zero-order valence-electron chi connectivity index (χ0n) is 9.09. The topological polar surface area (TPSA) is 21.3 Å². The average Bonchev–Trinajstić information content (AvgIpc) is 2.22. The summed E-state index contributed by atoms with van der Waals surface area (Å²) in [4.78, 5) is 0. The Balaban J connectivity index is 2.24. The van der Waals surface area contributed by atoms with Crippen LogP contribution in [-0.2, 0) is 4.74 Å². The molecule has 2 atom stereocenters. The molecule has 2 nitrogen and oxygen atoms in total. The molecular weight excluding hydrogens is 193 g/mol. The van der Waals surface area contributed by atoms with Crippen molar-refractivity contribution in [2.45, 2.75) is 26.1 Å². The highest BCUT2D eigenvalue weighted by Gasteiger charge is 2.21. The Morgan fingerprint density at radius 1 is 1.40 bits per heavy atom. The van der Waals surface area contributed by atoms with E-state index in [9.17, 15) is 4.39 Å². The summed E-state index contributed by atoms with van der Waals surface area (Å²) >= 11 is 0. The normalized spacial score (nSPS) is 26.6. The summed E-state index contributed by atoms with van der Waals surface area (Å²) in [7, 11) is 0. The molecule has 1 aromatic rings. The fourth-order valence-corrected chi connectivity index (χ4v) is 1.94. The molecule has 15 heavy (non-hydrogen) atoms. The van der Waals surface area contributed by atoms with Gasteiger partial charge < -0.3 is 10.1 Å². The molecule has 1 heterocycles. The van der Waals surface area contributed by atoms with Gasteiger partial charge in [0.1, 0.15) is 5.82 Å². The largest absolute Gasteiger partial charge is 0.368 e. The number of ether oxygens (including phenoxy) is 1. The van der Waals surface area contributed by atoms with Crippen LogP contribution >= 0.6 is 0 Å². The molecule has 82 valence electrons. The van der Waals surface area contributed by atoms with E-state index in [1.165, 1.54) is 6.07 Å². The quantitative estimate of drug-likeness (QED) is 0.765. The van der Waals surface area contributed by atoms with E-state index in [-0.39, 0.29) is 18.0 Å². The van der Waals surface area contributed by atoms with Gasteiger partial charge in [-0.05, 0) is 37.1 Å². The van der Waals surface area contributed by atoms with E-state index in [4.69, 9.17) is 4.74 Å². The predicted octanol–water partition coefficient (Wildman–Crippen LogP) is 2.18. The highest BCUT2D eigenvalue weighted by atomic mass is 19.1. The fourth-order valence-electron chi connectivity index (χ4n) is 1.94. The zero-order chi connectivity index (χ0) is 10.8. The van der Waals surface area contributed by atoms with Gasteiger partial charge in [0.25, 0.3) is 0 Å². The second-order valence-corrected chi connectivity index (χ2v) is 4.09. The third-order valence-electron chi connectivity index (χ3n) is 2.75. The Bertz CT molecular complexity index is 353. The Morgan fingerprint density at radius 3 is 2.93 bits per heavy atom. The number of morpholine rings is 1. The maximum atomic E-state index is 13.1. The van der Waals surface area contributed by atoms with E-state index in [0.29, 0.717) is 0 Å². The number of halogens is 1. The highest BCUT2D eigenvalue weighted by Crippen LogP contribution is 2.24. The van der Waals surface area contributed by atoms with Crippen molar-refractivity contribution in [2.75, 3.05) is 13.1 Å². The molecule has 1 aromatic carbocycles.